The summed E-state index contributed by atoms with van der Waals surface area (Å²) < 4.78 is 0. The van der Waals surface area contributed by atoms with E-state index in [9.17, 15) is 0 Å². The molecule has 2 aromatic carbocycles. The first-order valence-corrected chi connectivity index (χ1v) is 6.10. The van der Waals surface area contributed by atoms with Crippen molar-refractivity contribution in [3.8, 4) is 0 Å². The van der Waals surface area contributed by atoms with Gasteiger partial charge in [-0.3, -0.25) is 0 Å². The van der Waals surface area contributed by atoms with Crippen LogP contribution in [0.4, 0.5) is 0 Å². The second-order valence-electron chi connectivity index (χ2n) is 4.04. The minimum absolute atomic E-state index is 0.150. The summed E-state index contributed by atoms with van der Waals surface area (Å²) >= 11 is 11.8. The van der Waals surface area contributed by atoms with Gasteiger partial charge in [0.25, 0.3) is 0 Å². The minimum atomic E-state index is -0.150. The Morgan fingerprint density at radius 1 is 0.941 bits per heavy atom. The standard InChI is InChI=1S/C14H13Cl2N/c1-9-8-11(4-7-13(9)16)14(17)10-2-5-12(15)6-3-10/h2-8,14H,17H2,1H3. The molecule has 0 amide bonds. The molecule has 88 valence electrons. The Balaban J connectivity index is 2.33. The van der Waals surface area contributed by atoms with Crippen LogP contribution < -0.4 is 5.73 Å². The van der Waals surface area contributed by atoms with Gasteiger partial charge in [-0.05, 0) is 41.8 Å². The molecule has 2 rings (SSSR count). The highest BCUT2D eigenvalue weighted by Crippen LogP contribution is 2.24. The van der Waals surface area contributed by atoms with Gasteiger partial charge in [0.2, 0.25) is 0 Å². The van der Waals surface area contributed by atoms with Crippen molar-refractivity contribution in [2.75, 3.05) is 0 Å². The van der Waals surface area contributed by atoms with Gasteiger partial charge < -0.3 is 5.73 Å². The smallest absolute Gasteiger partial charge is 0.0551 e. The van der Waals surface area contributed by atoms with Crippen molar-refractivity contribution in [3.05, 3.63) is 69.2 Å². The van der Waals surface area contributed by atoms with E-state index in [-0.39, 0.29) is 6.04 Å². The van der Waals surface area contributed by atoms with E-state index in [0.717, 1.165) is 21.7 Å². The van der Waals surface area contributed by atoms with Crippen molar-refractivity contribution >= 4 is 23.2 Å². The van der Waals surface area contributed by atoms with Gasteiger partial charge in [0.05, 0.1) is 6.04 Å². The summed E-state index contributed by atoms with van der Waals surface area (Å²) in [6.07, 6.45) is 0. The van der Waals surface area contributed by atoms with Crippen molar-refractivity contribution < 1.29 is 0 Å². The van der Waals surface area contributed by atoms with Gasteiger partial charge in [0.15, 0.2) is 0 Å². The normalized spacial score (nSPS) is 12.5. The fraction of sp³-hybridized carbons (Fsp3) is 0.143. The molecule has 0 spiro atoms. The molecule has 1 atom stereocenters. The van der Waals surface area contributed by atoms with Crippen LogP contribution >= 0.6 is 23.2 Å². The minimum Gasteiger partial charge on any atom is -0.320 e. The molecule has 0 radical (unpaired) electrons. The van der Waals surface area contributed by atoms with Crippen molar-refractivity contribution in [1.82, 2.24) is 0 Å². The third-order valence-corrected chi connectivity index (χ3v) is 3.45. The largest absolute Gasteiger partial charge is 0.320 e. The van der Waals surface area contributed by atoms with Gasteiger partial charge >= 0.3 is 0 Å². The topological polar surface area (TPSA) is 26.0 Å². The van der Waals surface area contributed by atoms with Gasteiger partial charge in [0.1, 0.15) is 0 Å². The van der Waals surface area contributed by atoms with E-state index >= 15 is 0 Å². The number of nitrogens with two attached hydrogens (primary N) is 1. The van der Waals surface area contributed by atoms with Crippen molar-refractivity contribution in [3.63, 3.8) is 0 Å². The molecule has 1 unspecified atom stereocenters. The zero-order valence-corrected chi connectivity index (χ0v) is 11.0. The maximum atomic E-state index is 6.20. The summed E-state index contributed by atoms with van der Waals surface area (Å²) in [5.74, 6) is 0. The molecule has 2 N–H and O–H groups in total. The van der Waals surface area contributed by atoms with Crippen molar-refractivity contribution in [2.24, 2.45) is 5.73 Å². The van der Waals surface area contributed by atoms with Crippen LogP contribution in [-0.2, 0) is 0 Å². The van der Waals surface area contributed by atoms with Gasteiger partial charge in [-0.25, -0.2) is 0 Å². The van der Waals surface area contributed by atoms with Crippen LogP contribution in [0.2, 0.25) is 10.0 Å². The molecule has 0 aliphatic carbocycles. The number of benzene rings is 2. The molecule has 0 aromatic heterocycles. The Morgan fingerprint density at radius 2 is 1.53 bits per heavy atom. The lowest BCUT2D eigenvalue weighted by Crippen LogP contribution is -2.11. The SMILES string of the molecule is Cc1cc(C(N)c2ccc(Cl)cc2)ccc1Cl. The Labute approximate surface area is 111 Å². The van der Waals surface area contributed by atoms with E-state index in [2.05, 4.69) is 0 Å². The summed E-state index contributed by atoms with van der Waals surface area (Å²) in [5.41, 5.74) is 9.32. The zero-order valence-electron chi connectivity index (χ0n) is 9.45. The molecular formula is C14H13Cl2N. The second-order valence-corrected chi connectivity index (χ2v) is 4.88. The molecule has 0 heterocycles. The van der Waals surface area contributed by atoms with Gasteiger partial charge in [-0.2, -0.15) is 0 Å². The van der Waals surface area contributed by atoms with E-state index in [0.29, 0.717) is 5.02 Å². The number of hydrogen-bond acceptors (Lipinski definition) is 1. The molecule has 0 aliphatic rings. The van der Waals surface area contributed by atoms with Gasteiger partial charge in [0, 0.05) is 10.0 Å². The average Bonchev–Trinajstić information content (AvgIpc) is 2.33. The number of hydrogen-bond donors (Lipinski definition) is 1. The highest BCUT2D eigenvalue weighted by Gasteiger charge is 2.09. The molecule has 0 aliphatic heterocycles. The zero-order chi connectivity index (χ0) is 12.4. The Hall–Kier alpha value is -1.02. The molecule has 0 saturated carbocycles. The first-order chi connectivity index (χ1) is 8.08. The lowest BCUT2D eigenvalue weighted by molar-refractivity contribution is 0.870. The molecule has 1 nitrogen and oxygen atoms in total. The van der Waals surface area contributed by atoms with Gasteiger partial charge in [-0.15, -0.1) is 0 Å². The highest BCUT2D eigenvalue weighted by molar-refractivity contribution is 6.31. The van der Waals surface area contributed by atoms with E-state index < -0.39 is 0 Å². The first kappa shape index (κ1) is 12.4. The quantitative estimate of drug-likeness (QED) is 0.859. The molecule has 2 aromatic rings. The van der Waals surface area contributed by atoms with Crippen LogP contribution in [0.3, 0.4) is 0 Å². The monoisotopic (exact) mass is 265 g/mol. The maximum absolute atomic E-state index is 6.20. The fourth-order valence-electron chi connectivity index (χ4n) is 1.72. The fourth-order valence-corrected chi connectivity index (χ4v) is 1.97. The van der Waals surface area contributed by atoms with Crippen LogP contribution in [0.15, 0.2) is 42.5 Å². The summed E-state index contributed by atoms with van der Waals surface area (Å²) in [6, 6.07) is 13.3. The van der Waals surface area contributed by atoms with E-state index in [1.54, 1.807) is 0 Å². The Bertz CT molecular complexity index is 520. The van der Waals surface area contributed by atoms with Crippen LogP contribution in [0.25, 0.3) is 0 Å². The Kier molecular flexibility index (Phi) is 3.72. The summed E-state index contributed by atoms with van der Waals surface area (Å²) in [4.78, 5) is 0. The van der Waals surface area contributed by atoms with Crippen molar-refractivity contribution in [2.45, 2.75) is 13.0 Å². The molecule has 17 heavy (non-hydrogen) atoms. The van der Waals surface area contributed by atoms with E-state index in [4.69, 9.17) is 28.9 Å². The summed E-state index contributed by atoms with van der Waals surface area (Å²) in [7, 11) is 0. The van der Waals surface area contributed by atoms with Crippen LogP contribution in [0.1, 0.15) is 22.7 Å². The molecular weight excluding hydrogens is 253 g/mol. The average molecular weight is 266 g/mol. The molecule has 0 bridgehead atoms. The second kappa shape index (κ2) is 5.09. The van der Waals surface area contributed by atoms with Crippen LogP contribution in [0, 0.1) is 6.92 Å². The third-order valence-electron chi connectivity index (χ3n) is 2.77. The predicted octanol–water partition coefficient (Wildman–Crippen LogP) is 4.35. The number of aryl methyl sites for hydroxylation is 1. The van der Waals surface area contributed by atoms with Crippen LogP contribution in [0.5, 0.6) is 0 Å². The molecule has 0 fully saturated rings. The summed E-state index contributed by atoms with van der Waals surface area (Å²) in [5, 5.41) is 1.48. The lowest BCUT2D eigenvalue weighted by Gasteiger charge is -2.13. The van der Waals surface area contributed by atoms with Crippen LogP contribution in [-0.4, -0.2) is 0 Å². The number of rotatable bonds is 2. The number of halogens is 2. The molecule has 3 heteroatoms. The van der Waals surface area contributed by atoms with E-state index in [1.807, 2.05) is 49.4 Å². The lowest BCUT2D eigenvalue weighted by atomic mass is 9.98. The van der Waals surface area contributed by atoms with Crippen molar-refractivity contribution in [1.29, 1.82) is 0 Å². The molecule has 0 saturated heterocycles. The first-order valence-electron chi connectivity index (χ1n) is 5.35. The van der Waals surface area contributed by atoms with Gasteiger partial charge in [-0.1, -0.05) is 47.5 Å². The Morgan fingerprint density at radius 3 is 2.12 bits per heavy atom. The third kappa shape index (κ3) is 2.81. The maximum Gasteiger partial charge on any atom is 0.0551 e. The summed E-state index contributed by atoms with van der Waals surface area (Å²) in [6.45, 7) is 1.97. The van der Waals surface area contributed by atoms with E-state index in [1.165, 1.54) is 0 Å². The highest BCUT2D eigenvalue weighted by atomic mass is 35.5. The predicted molar refractivity (Wildman–Crippen MR) is 73.7 cm³/mol.